The summed E-state index contributed by atoms with van der Waals surface area (Å²) >= 11 is 0. The Bertz CT molecular complexity index is 2690. The van der Waals surface area contributed by atoms with Gasteiger partial charge in [0.05, 0.1) is 22.4 Å². The molecule has 0 N–H and O–H groups in total. The minimum atomic E-state index is 0.757. The van der Waals surface area contributed by atoms with Gasteiger partial charge < -0.3 is 4.57 Å². The second kappa shape index (κ2) is 11.5. The monoisotopic (exact) mass is 637 g/mol. The highest BCUT2D eigenvalue weighted by molar-refractivity contribution is 6.10. The Kier molecular flexibility index (Phi) is 6.56. The maximum atomic E-state index is 5.20. The number of hydrogen-bond acceptors (Lipinski definition) is 2. The van der Waals surface area contributed by atoms with Crippen molar-refractivity contribution in [3.8, 4) is 61.8 Å². The van der Waals surface area contributed by atoms with Crippen molar-refractivity contribution in [2.24, 2.45) is 0 Å². The Morgan fingerprint density at radius 3 is 1.72 bits per heavy atom. The van der Waals surface area contributed by atoms with E-state index in [4.69, 9.17) is 9.97 Å². The van der Waals surface area contributed by atoms with Crippen molar-refractivity contribution in [1.29, 1.82) is 0 Å². The predicted octanol–water partition coefficient (Wildman–Crippen LogP) is 11.8. The fraction of sp³-hybridized carbons (Fsp3) is 0.0213. The van der Waals surface area contributed by atoms with Crippen LogP contribution in [-0.4, -0.2) is 14.5 Å². The van der Waals surface area contributed by atoms with E-state index in [9.17, 15) is 0 Å². The molecule has 7 aromatic carbocycles. The molecule has 234 valence electrons. The van der Waals surface area contributed by atoms with Crippen molar-refractivity contribution in [3.05, 3.63) is 187 Å². The van der Waals surface area contributed by atoms with Gasteiger partial charge in [0.2, 0.25) is 0 Å². The van der Waals surface area contributed by atoms with Gasteiger partial charge in [0.15, 0.2) is 5.82 Å². The molecule has 0 spiro atoms. The van der Waals surface area contributed by atoms with Gasteiger partial charge in [-0.2, -0.15) is 0 Å². The highest BCUT2D eigenvalue weighted by atomic mass is 15.0. The van der Waals surface area contributed by atoms with Gasteiger partial charge in [-0.15, -0.1) is 0 Å². The van der Waals surface area contributed by atoms with Gasteiger partial charge in [0, 0.05) is 45.1 Å². The summed E-state index contributed by atoms with van der Waals surface area (Å²) in [5, 5.41) is 2.52. The number of para-hydroxylation sites is 1. The van der Waals surface area contributed by atoms with Crippen molar-refractivity contribution in [2.45, 2.75) is 6.42 Å². The Balaban J connectivity index is 1.06. The molecule has 10 rings (SSSR count). The van der Waals surface area contributed by atoms with Crippen LogP contribution in [0.4, 0.5) is 0 Å². The first-order valence-electron chi connectivity index (χ1n) is 17.1. The lowest BCUT2D eigenvalue weighted by Gasteiger charge is -2.12. The van der Waals surface area contributed by atoms with Crippen LogP contribution >= 0.6 is 0 Å². The van der Waals surface area contributed by atoms with Crippen LogP contribution in [0, 0.1) is 0 Å². The minimum absolute atomic E-state index is 0.757. The standard InChI is InChI=1S/C47H31N3/c1-4-12-31(13-5-1)36-24-27-44-41(29-36)39-18-10-11-19-43(39)50(44)38-25-22-32(23-26-38)35-20-21-37-30-42-45(33-14-6-2-7-15-33)48-47(34-16-8-3-9-17-34)49-46(42)40(37)28-35/h1-29H,30H2. The van der Waals surface area contributed by atoms with Gasteiger partial charge in [-0.25, -0.2) is 9.97 Å². The summed E-state index contributed by atoms with van der Waals surface area (Å²) in [6.07, 6.45) is 0.822. The molecule has 50 heavy (non-hydrogen) atoms. The van der Waals surface area contributed by atoms with Crippen molar-refractivity contribution in [1.82, 2.24) is 14.5 Å². The predicted molar refractivity (Wildman–Crippen MR) is 206 cm³/mol. The quantitative estimate of drug-likeness (QED) is 0.188. The molecule has 0 fully saturated rings. The van der Waals surface area contributed by atoms with Gasteiger partial charge >= 0.3 is 0 Å². The van der Waals surface area contributed by atoms with Crippen LogP contribution in [0.3, 0.4) is 0 Å². The molecular formula is C47H31N3. The zero-order chi connectivity index (χ0) is 33.0. The zero-order valence-corrected chi connectivity index (χ0v) is 27.3. The van der Waals surface area contributed by atoms with Gasteiger partial charge in [0.25, 0.3) is 0 Å². The van der Waals surface area contributed by atoms with E-state index in [1.54, 1.807) is 0 Å². The summed E-state index contributed by atoms with van der Waals surface area (Å²) in [4.78, 5) is 10.3. The molecule has 0 saturated carbocycles. The molecule has 0 radical (unpaired) electrons. The zero-order valence-electron chi connectivity index (χ0n) is 27.3. The van der Waals surface area contributed by atoms with E-state index in [1.165, 1.54) is 60.8 Å². The SMILES string of the molecule is c1ccc(-c2ccc3c(c2)c2ccccc2n3-c2ccc(-c3ccc4c(c3)-c3nc(-c5ccccc5)nc(-c5ccccc5)c3C4)cc2)cc1. The van der Waals surface area contributed by atoms with E-state index >= 15 is 0 Å². The summed E-state index contributed by atoms with van der Waals surface area (Å²) in [5.74, 6) is 0.757. The Morgan fingerprint density at radius 1 is 0.400 bits per heavy atom. The van der Waals surface area contributed by atoms with Gasteiger partial charge in [-0.3, -0.25) is 0 Å². The van der Waals surface area contributed by atoms with Gasteiger partial charge in [-0.1, -0.05) is 140 Å². The molecule has 0 saturated heterocycles. The van der Waals surface area contributed by atoms with Crippen LogP contribution in [0.2, 0.25) is 0 Å². The minimum Gasteiger partial charge on any atom is -0.309 e. The number of hydrogen-bond donors (Lipinski definition) is 0. The third-order valence-corrected chi connectivity index (χ3v) is 10.1. The first kappa shape index (κ1) is 28.4. The van der Waals surface area contributed by atoms with Crippen LogP contribution in [-0.2, 0) is 6.42 Å². The molecule has 0 aliphatic heterocycles. The second-order valence-corrected chi connectivity index (χ2v) is 13.0. The number of rotatable bonds is 5. The maximum absolute atomic E-state index is 5.20. The first-order chi connectivity index (χ1) is 24.8. The third kappa shape index (κ3) is 4.67. The summed E-state index contributed by atoms with van der Waals surface area (Å²) in [6, 6.07) is 62.8. The summed E-state index contributed by atoms with van der Waals surface area (Å²) < 4.78 is 2.38. The average Bonchev–Trinajstić information content (AvgIpc) is 3.73. The average molecular weight is 638 g/mol. The molecule has 2 heterocycles. The van der Waals surface area contributed by atoms with Crippen LogP contribution in [0.5, 0.6) is 0 Å². The molecule has 0 amide bonds. The molecule has 0 unspecified atom stereocenters. The molecule has 2 aromatic heterocycles. The van der Waals surface area contributed by atoms with Crippen LogP contribution in [0.1, 0.15) is 11.1 Å². The van der Waals surface area contributed by atoms with Crippen molar-refractivity contribution in [3.63, 3.8) is 0 Å². The highest BCUT2D eigenvalue weighted by Crippen LogP contribution is 2.43. The molecule has 0 atom stereocenters. The smallest absolute Gasteiger partial charge is 0.160 e. The molecular weight excluding hydrogens is 607 g/mol. The van der Waals surface area contributed by atoms with Crippen molar-refractivity contribution < 1.29 is 0 Å². The van der Waals surface area contributed by atoms with Gasteiger partial charge in [-0.05, 0) is 64.2 Å². The largest absolute Gasteiger partial charge is 0.309 e. The van der Waals surface area contributed by atoms with Crippen molar-refractivity contribution in [2.75, 3.05) is 0 Å². The molecule has 3 heteroatoms. The highest BCUT2D eigenvalue weighted by Gasteiger charge is 2.26. The maximum Gasteiger partial charge on any atom is 0.160 e. The first-order valence-corrected chi connectivity index (χ1v) is 17.1. The lowest BCUT2D eigenvalue weighted by atomic mass is 10.00. The van der Waals surface area contributed by atoms with Crippen molar-refractivity contribution >= 4 is 21.8 Å². The number of benzene rings is 7. The van der Waals surface area contributed by atoms with E-state index in [-0.39, 0.29) is 0 Å². The fourth-order valence-corrected chi connectivity index (χ4v) is 7.61. The number of nitrogens with zero attached hydrogens (tertiary/aromatic N) is 3. The van der Waals surface area contributed by atoms with E-state index in [2.05, 4.69) is 162 Å². The van der Waals surface area contributed by atoms with E-state index in [1.807, 2.05) is 18.2 Å². The fourth-order valence-electron chi connectivity index (χ4n) is 7.61. The summed E-state index contributed by atoms with van der Waals surface area (Å²) in [7, 11) is 0. The topological polar surface area (TPSA) is 30.7 Å². The van der Waals surface area contributed by atoms with Crippen LogP contribution < -0.4 is 0 Å². The van der Waals surface area contributed by atoms with Crippen LogP contribution in [0.15, 0.2) is 176 Å². The molecule has 1 aliphatic carbocycles. The molecule has 0 bridgehead atoms. The van der Waals surface area contributed by atoms with E-state index < -0.39 is 0 Å². The molecule has 1 aliphatic rings. The normalized spacial score (nSPS) is 11.9. The van der Waals surface area contributed by atoms with Gasteiger partial charge in [0.1, 0.15) is 0 Å². The van der Waals surface area contributed by atoms with E-state index in [0.29, 0.717) is 0 Å². The summed E-state index contributed by atoms with van der Waals surface area (Å²) in [6.45, 7) is 0. The number of fused-ring (bicyclic) bond motifs is 6. The van der Waals surface area contributed by atoms with Crippen LogP contribution in [0.25, 0.3) is 83.6 Å². The molecule has 3 nitrogen and oxygen atoms in total. The lowest BCUT2D eigenvalue weighted by Crippen LogP contribution is -1.99. The summed E-state index contributed by atoms with van der Waals surface area (Å²) in [5.41, 5.74) is 16.2. The van der Waals surface area contributed by atoms with E-state index in [0.717, 1.165) is 40.4 Å². The third-order valence-electron chi connectivity index (χ3n) is 10.1. The molecule has 9 aromatic rings. The Hall–Kier alpha value is -6.58. The second-order valence-electron chi connectivity index (χ2n) is 13.0. The number of aromatic nitrogens is 3. The Labute approximate surface area is 290 Å². The Morgan fingerprint density at radius 2 is 0.960 bits per heavy atom. The lowest BCUT2D eigenvalue weighted by molar-refractivity contribution is 1.13.